The van der Waals surface area contributed by atoms with E-state index in [2.05, 4.69) is 4.74 Å². The van der Waals surface area contributed by atoms with Crippen molar-refractivity contribution in [2.24, 2.45) is 17.6 Å². The van der Waals surface area contributed by atoms with Gasteiger partial charge in [0.2, 0.25) is 5.78 Å². The molecule has 0 fully saturated rings. The first-order chi connectivity index (χ1) is 16.9. The highest BCUT2D eigenvalue weighted by molar-refractivity contribution is 6.24. The van der Waals surface area contributed by atoms with E-state index in [1.54, 1.807) is 20.2 Å². The van der Waals surface area contributed by atoms with Crippen LogP contribution in [0.5, 0.6) is 5.75 Å². The molecule has 4 rings (SSSR count). The first-order valence-electron chi connectivity index (χ1n) is 11.4. The first kappa shape index (κ1) is 25.4. The fourth-order valence-electron chi connectivity index (χ4n) is 5.89. The summed E-state index contributed by atoms with van der Waals surface area (Å²) in [4.78, 5) is 52.0. The Morgan fingerprint density at radius 1 is 1.19 bits per heavy atom. The van der Waals surface area contributed by atoms with Gasteiger partial charge >= 0.3 is 5.97 Å². The zero-order valence-corrected chi connectivity index (χ0v) is 20.1. The number of aryl methyl sites for hydroxylation is 1. The molecule has 1 amide bonds. The van der Waals surface area contributed by atoms with Gasteiger partial charge in [-0.2, -0.15) is 0 Å². The number of aliphatic hydroxyl groups excluding tert-OH is 2. The van der Waals surface area contributed by atoms with E-state index in [1.165, 1.54) is 18.1 Å². The molecular weight excluding hydrogens is 472 g/mol. The summed E-state index contributed by atoms with van der Waals surface area (Å²) < 4.78 is 4.69. The molecule has 0 aromatic heterocycles. The average Bonchev–Trinajstić information content (AvgIpc) is 2.80. The van der Waals surface area contributed by atoms with Gasteiger partial charge in [0, 0.05) is 17.9 Å². The summed E-state index contributed by atoms with van der Waals surface area (Å²) in [7, 11) is 4.40. The number of hydrogen-bond acceptors (Lipinski definition) is 10. The van der Waals surface area contributed by atoms with Crippen LogP contribution in [0.2, 0.25) is 0 Å². The lowest BCUT2D eigenvalue weighted by molar-refractivity contribution is -0.148. The normalized spacial score (nSPS) is 27.5. The average molecular weight is 501 g/mol. The number of carbonyl (C=O) groups is 4. The zero-order valence-electron chi connectivity index (χ0n) is 20.1. The summed E-state index contributed by atoms with van der Waals surface area (Å²) in [5, 5.41) is 44.1. The highest BCUT2D eigenvalue weighted by Gasteiger charge is 2.63. The summed E-state index contributed by atoms with van der Waals surface area (Å²) in [6, 6.07) is 1.86. The van der Waals surface area contributed by atoms with Crippen molar-refractivity contribution in [2.75, 3.05) is 21.2 Å². The van der Waals surface area contributed by atoms with Crippen LogP contribution in [0.25, 0.3) is 0 Å². The molecule has 0 spiro atoms. The number of methoxy groups -OCH3 is 1. The predicted octanol–water partition coefficient (Wildman–Crippen LogP) is 0.226. The van der Waals surface area contributed by atoms with Crippen LogP contribution in [0.3, 0.4) is 0 Å². The highest BCUT2D eigenvalue weighted by atomic mass is 16.5. The lowest BCUT2D eigenvalue weighted by atomic mass is 9.58. The maximum atomic E-state index is 13.6. The second kappa shape index (κ2) is 8.75. The number of ether oxygens (including phenoxy) is 1. The van der Waals surface area contributed by atoms with Crippen LogP contribution < -0.4 is 5.73 Å². The minimum atomic E-state index is -2.68. The smallest absolute Gasteiger partial charge is 0.305 e. The molecular formula is C25H28N2O9. The SMILES string of the molecule is COC(=O)CCc1ccc(O)c2c1CC1CC3C(N(C)C)C(O)=C(C(N)=O)C(=O)[C@@]3(O)C(O)=C1C2=O. The van der Waals surface area contributed by atoms with Crippen LogP contribution in [0, 0.1) is 11.8 Å². The molecule has 0 radical (unpaired) electrons. The molecule has 3 unspecified atom stereocenters. The Morgan fingerprint density at radius 2 is 1.86 bits per heavy atom. The third-order valence-corrected chi connectivity index (χ3v) is 7.53. The third-order valence-electron chi connectivity index (χ3n) is 7.53. The van der Waals surface area contributed by atoms with Crippen molar-refractivity contribution in [1.82, 2.24) is 4.90 Å². The molecule has 0 saturated heterocycles. The summed E-state index contributed by atoms with van der Waals surface area (Å²) in [5.41, 5.74) is 2.62. The summed E-state index contributed by atoms with van der Waals surface area (Å²) in [6.45, 7) is 0. The lowest BCUT2D eigenvalue weighted by Gasteiger charge is -2.50. The van der Waals surface area contributed by atoms with Crippen LogP contribution in [-0.2, 0) is 32.0 Å². The number of amides is 1. The Hall–Kier alpha value is -3.70. The van der Waals surface area contributed by atoms with Crippen molar-refractivity contribution < 1.29 is 44.3 Å². The Bertz CT molecular complexity index is 1260. The van der Waals surface area contributed by atoms with Crippen LogP contribution in [0.15, 0.2) is 34.8 Å². The summed E-state index contributed by atoms with van der Waals surface area (Å²) in [6.07, 6.45) is 0.462. The number of Topliss-reactive ketones (excluding diaryl/α,β-unsaturated/α-hetero) is 2. The van der Waals surface area contributed by atoms with E-state index in [0.29, 0.717) is 11.1 Å². The standard InChI is InChI=1S/C25H28N2O9/c1-27(2)19-13-9-11-8-12-10(5-7-15(29)36-3)4-6-14(28)17(12)20(30)16(11)22(32)25(13,35)23(33)18(21(19)31)24(26)34/h4,6,11,13,19,28,31-32,35H,5,7-9H2,1-3H3,(H2,26,34)/t11?,13?,19?,25-/m0/s1. The molecule has 0 saturated carbocycles. The van der Waals surface area contributed by atoms with E-state index in [1.807, 2.05) is 0 Å². The molecule has 4 atom stereocenters. The van der Waals surface area contributed by atoms with E-state index in [0.717, 1.165) is 0 Å². The summed E-state index contributed by atoms with van der Waals surface area (Å²) >= 11 is 0. The minimum Gasteiger partial charge on any atom is -0.510 e. The Kier molecular flexibility index (Phi) is 6.17. The maximum Gasteiger partial charge on any atom is 0.305 e. The number of aliphatic hydroxyl groups is 3. The van der Waals surface area contributed by atoms with Gasteiger partial charge in [-0.15, -0.1) is 0 Å². The fourth-order valence-corrected chi connectivity index (χ4v) is 5.89. The highest BCUT2D eigenvalue weighted by Crippen LogP contribution is 2.52. The van der Waals surface area contributed by atoms with E-state index < -0.39 is 64.0 Å². The van der Waals surface area contributed by atoms with E-state index in [9.17, 15) is 39.6 Å². The fraction of sp³-hybridized carbons (Fsp3) is 0.440. The van der Waals surface area contributed by atoms with Crippen molar-refractivity contribution in [2.45, 2.75) is 37.3 Å². The molecule has 0 heterocycles. The van der Waals surface area contributed by atoms with Crippen molar-refractivity contribution >= 4 is 23.4 Å². The van der Waals surface area contributed by atoms with Gasteiger partial charge in [0.15, 0.2) is 11.4 Å². The van der Waals surface area contributed by atoms with Gasteiger partial charge in [0.1, 0.15) is 22.8 Å². The number of esters is 1. The zero-order chi connectivity index (χ0) is 26.7. The van der Waals surface area contributed by atoms with Gasteiger partial charge in [-0.1, -0.05) is 6.07 Å². The van der Waals surface area contributed by atoms with Crippen LogP contribution in [0.1, 0.15) is 34.3 Å². The van der Waals surface area contributed by atoms with Gasteiger partial charge in [-0.25, -0.2) is 0 Å². The molecule has 11 nitrogen and oxygen atoms in total. The molecule has 6 N–H and O–H groups in total. The quantitative estimate of drug-likeness (QED) is 0.276. The van der Waals surface area contributed by atoms with E-state index >= 15 is 0 Å². The van der Waals surface area contributed by atoms with Gasteiger partial charge in [0.25, 0.3) is 5.91 Å². The van der Waals surface area contributed by atoms with Crippen LogP contribution in [0.4, 0.5) is 0 Å². The lowest BCUT2D eigenvalue weighted by Crippen LogP contribution is -2.63. The van der Waals surface area contributed by atoms with Crippen LogP contribution >= 0.6 is 0 Å². The number of ketones is 2. The van der Waals surface area contributed by atoms with Crippen molar-refractivity contribution in [1.29, 1.82) is 0 Å². The number of hydrogen-bond donors (Lipinski definition) is 5. The molecule has 192 valence electrons. The van der Waals surface area contributed by atoms with Crippen molar-refractivity contribution in [3.63, 3.8) is 0 Å². The largest absolute Gasteiger partial charge is 0.510 e. The molecule has 1 aromatic carbocycles. The van der Waals surface area contributed by atoms with Gasteiger partial charge in [-0.3, -0.25) is 24.1 Å². The number of benzene rings is 1. The number of fused-ring (bicyclic) bond motifs is 3. The number of rotatable bonds is 5. The second-order valence-corrected chi connectivity index (χ2v) is 9.64. The Balaban J connectivity index is 1.89. The van der Waals surface area contributed by atoms with E-state index in [4.69, 9.17) is 5.73 Å². The topological polar surface area (TPSA) is 188 Å². The molecule has 0 aliphatic heterocycles. The summed E-state index contributed by atoms with van der Waals surface area (Å²) in [5.74, 6) is -7.42. The minimum absolute atomic E-state index is 0.00212. The molecule has 11 heteroatoms. The number of nitrogens with zero attached hydrogens (tertiary/aromatic N) is 1. The van der Waals surface area contributed by atoms with Gasteiger partial charge in [0.05, 0.1) is 18.7 Å². The van der Waals surface area contributed by atoms with Crippen molar-refractivity contribution in [3.8, 4) is 5.75 Å². The maximum absolute atomic E-state index is 13.6. The van der Waals surface area contributed by atoms with Gasteiger partial charge in [-0.05, 0) is 56.5 Å². The molecule has 1 aromatic rings. The number of phenols is 1. The first-order valence-corrected chi connectivity index (χ1v) is 11.4. The number of allylic oxidation sites excluding steroid dienone is 1. The Morgan fingerprint density at radius 3 is 2.44 bits per heavy atom. The predicted molar refractivity (Wildman–Crippen MR) is 124 cm³/mol. The number of aromatic hydroxyl groups is 1. The number of primary amides is 1. The molecule has 3 aliphatic carbocycles. The number of phenolic OH excluding ortho intramolecular Hbond substituents is 1. The monoisotopic (exact) mass is 500 g/mol. The number of carbonyl (C=O) groups excluding carboxylic acids is 4. The second-order valence-electron chi connectivity index (χ2n) is 9.64. The molecule has 0 bridgehead atoms. The Labute approximate surface area is 206 Å². The van der Waals surface area contributed by atoms with Gasteiger partial charge < -0.3 is 30.9 Å². The van der Waals surface area contributed by atoms with Crippen molar-refractivity contribution in [3.05, 3.63) is 51.5 Å². The van der Waals surface area contributed by atoms with E-state index in [-0.39, 0.29) is 42.6 Å². The third kappa shape index (κ3) is 3.49. The number of likely N-dealkylation sites (N-methyl/N-ethyl adjacent to an activating group) is 1. The molecule has 36 heavy (non-hydrogen) atoms. The molecule has 3 aliphatic rings. The number of nitrogens with two attached hydrogens (primary N) is 1. The van der Waals surface area contributed by atoms with Crippen LogP contribution in [-0.4, -0.2) is 81.6 Å².